The molecule has 0 aliphatic carbocycles. The third kappa shape index (κ3) is 5.37. The minimum atomic E-state index is -0.420. The lowest BCUT2D eigenvalue weighted by Gasteiger charge is -2.08. The van der Waals surface area contributed by atoms with Crippen molar-refractivity contribution in [2.45, 2.75) is 13.2 Å². The van der Waals surface area contributed by atoms with Gasteiger partial charge < -0.3 is 14.5 Å². The van der Waals surface area contributed by atoms with Crippen molar-refractivity contribution < 1.29 is 13.9 Å². The first-order chi connectivity index (χ1) is 17.0. The fraction of sp³-hybridized carbons (Fsp3) is 0.0769. The second-order valence-corrected chi connectivity index (χ2v) is 9.44. The monoisotopic (exact) mass is 569 g/mol. The number of rotatable bonds is 7. The number of carbonyl (C=O) groups is 1. The van der Waals surface area contributed by atoms with Crippen molar-refractivity contribution in [3.63, 3.8) is 0 Å². The Morgan fingerprint density at radius 3 is 2.74 bits per heavy atom. The minimum absolute atomic E-state index is 0.156. The molecule has 0 aliphatic heterocycles. The van der Waals surface area contributed by atoms with Crippen LogP contribution in [0.1, 0.15) is 21.9 Å². The van der Waals surface area contributed by atoms with Gasteiger partial charge in [-0.2, -0.15) is 5.10 Å². The largest absolute Gasteiger partial charge is 0.485 e. The molecule has 0 unspecified atom stereocenters. The van der Waals surface area contributed by atoms with Crippen LogP contribution in [0.4, 0.5) is 5.82 Å². The van der Waals surface area contributed by atoms with Crippen molar-refractivity contribution in [1.82, 2.24) is 9.78 Å². The van der Waals surface area contributed by atoms with Crippen molar-refractivity contribution in [1.29, 1.82) is 0 Å². The number of hydrogen-bond donors (Lipinski definition) is 1. The molecule has 1 N–H and O–H groups in total. The summed E-state index contributed by atoms with van der Waals surface area (Å²) >= 11 is 15.7. The van der Waals surface area contributed by atoms with E-state index in [0.29, 0.717) is 32.6 Å². The van der Waals surface area contributed by atoms with Gasteiger partial charge in [0, 0.05) is 21.6 Å². The molecule has 1 amide bonds. The number of ether oxygens (including phenoxy) is 1. The molecule has 0 aliphatic rings. The number of nitrogens with zero attached hydrogens (tertiary/aromatic N) is 2. The van der Waals surface area contributed by atoms with Crippen LogP contribution in [0.15, 0.2) is 87.9 Å². The number of nitrogens with one attached hydrogen (secondary N) is 1. The van der Waals surface area contributed by atoms with Crippen LogP contribution in [0.5, 0.6) is 5.75 Å². The maximum absolute atomic E-state index is 12.7. The first kappa shape index (κ1) is 23.5. The number of aromatic nitrogens is 2. The maximum atomic E-state index is 12.7. The minimum Gasteiger partial charge on any atom is -0.485 e. The van der Waals surface area contributed by atoms with Gasteiger partial charge in [-0.1, -0.05) is 65.7 Å². The molecule has 3 aromatic carbocycles. The van der Waals surface area contributed by atoms with E-state index in [2.05, 4.69) is 26.3 Å². The summed E-state index contributed by atoms with van der Waals surface area (Å²) in [6.45, 7) is 0.613. The van der Waals surface area contributed by atoms with Gasteiger partial charge in [0.1, 0.15) is 18.1 Å². The van der Waals surface area contributed by atoms with Gasteiger partial charge in [0.25, 0.3) is 5.91 Å². The van der Waals surface area contributed by atoms with E-state index >= 15 is 0 Å². The number of furan rings is 1. The van der Waals surface area contributed by atoms with Crippen molar-refractivity contribution in [3.05, 3.63) is 111 Å². The first-order valence-electron chi connectivity index (χ1n) is 10.6. The van der Waals surface area contributed by atoms with E-state index in [1.165, 1.54) is 0 Å². The van der Waals surface area contributed by atoms with Gasteiger partial charge in [-0.05, 0) is 57.2 Å². The first-order valence-corrected chi connectivity index (χ1v) is 12.2. The molecular formula is C26H18BrCl2N3O3. The van der Waals surface area contributed by atoms with Gasteiger partial charge in [-0.25, -0.2) is 0 Å². The number of carbonyl (C=O) groups excluding carboxylic acids is 1. The van der Waals surface area contributed by atoms with Crippen molar-refractivity contribution in [2.24, 2.45) is 0 Å². The summed E-state index contributed by atoms with van der Waals surface area (Å²) in [5.74, 6) is 1.39. The van der Waals surface area contributed by atoms with Crippen LogP contribution in [-0.4, -0.2) is 15.7 Å². The molecular weight excluding hydrogens is 553 g/mol. The predicted octanol–water partition coefficient (Wildman–Crippen LogP) is 7.58. The molecule has 35 heavy (non-hydrogen) atoms. The highest BCUT2D eigenvalue weighted by molar-refractivity contribution is 9.10. The Morgan fingerprint density at radius 2 is 1.89 bits per heavy atom. The standard InChI is InChI=1S/C26H18BrCl2N3O3/c27-21-14-32(13-17-8-9-18(28)12-22(17)29)31-25(21)30-26(33)24-11-10-19(35-24)15-34-23-7-3-5-16-4-1-2-6-20(16)23/h1-12,14H,13,15H2,(H,30,31,33). The Bertz CT molecular complexity index is 1520. The Balaban J connectivity index is 1.23. The number of fused-ring (bicyclic) bond motifs is 1. The van der Waals surface area contributed by atoms with Gasteiger partial charge in [-0.15, -0.1) is 0 Å². The molecule has 0 radical (unpaired) electrons. The molecule has 0 spiro atoms. The predicted molar refractivity (Wildman–Crippen MR) is 140 cm³/mol. The number of halogens is 3. The van der Waals surface area contributed by atoms with Gasteiger partial charge in [0.15, 0.2) is 11.6 Å². The van der Waals surface area contributed by atoms with Gasteiger partial charge >= 0.3 is 0 Å². The third-order valence-electron chi connectivity index (χ3n) is 5.30. The second-order valence-electron chi connectivity index (χ2n) is 7.74. The SMILES string of the molecule is O=C(Nc1nn(Cc2ccc(Cl)cc2Cl)cc1Br)c1ccc(COc2cccc3ccccc23)o1. The summed E-state index contributed by atoms with van der Waals surface area (Å²) in [7, 11) is 0. The fourth-order valence-electron chi connectivity index (χ4n) is 3.60. The average Bonchev–Trinajstić information content (AvgIpc) is 3.46. The van der Waals surface area contributed by atoms with Crippen LogP contribution in [0.3, 0.4) is 0 Å². The molecule has 0 saturated carbocycles. The molecule has 9 heteroatoms. The number of amides is 1. The molecule has 5 rings (SSSR count). The summed E-state index contributed by atoms with van der Waals surface area (Å²) < 4.78 is 13.9. The number of anilines is 1. The van der Waals surface area contributed by atoms with E-state index < -0.39 is 5.91 Å². The van der Waals surface area contributed by atoms with E-state index in [9.17, 15) is 4.79 Å². The van der Waals surface area contributed by atoms with Crippen molar-refractivity contribution in [2.75, 3.05) is 5.32 Å². The molecule has 2 aromatic heterocycles. The third-order valence-corrected chi connectivity index (χ3v) is 6.47. The molecule has 0 bridgehead atoms. The summed E-state index contributed by atoms with van der Waals surface area (Å²) in [5, 5.41) is 10.4. The number of benzene rings is 3. The Kier molecular flexibility index (Phi) is 6.81. The topological polar surface area (TPSA) is 69.3 Å². The van der Waals surface area contributed by atoms with Crippen LogP contribution in [0.2, 0.25) is 10.0 Å². The zero-order chi connectivity index (χ0) is 24.4. The summed E-state index contributed by atoms with van der Waals surface area (Å²) in [5.41, 5.74) is 0.853. The van der Waals surface area contributed by atoms with Crippen LogP contribution in [0, 0.1) is 0 Å². The Morgan fingerprint density at radius 1 is 1.06 bits per heavy atom. The van der Waals surface area contributed by atoms with E-state index in [4.69, 9.17) is 32.4 Å². The zero-order valence-corrected chi connectivity index (χ0v) is 21.3. The van der Waals surface area contributed by atoms with Crippen LogP contribution in [0.25, 0.3) is 10.8 Å². The van der Waals surface area contributed by atoms with E-state index in [1.807, 2.05) is 48.5 Å². The lowest BCUT2D eigenvalue weighted by molar-refractivity contribution is 0.0992. The average molecular weight is 571 g/mol. The van der Waals surface area contributed by atoms with Crippen molar-refractivity contribution in [3.8, 4) is 5.75 Å². The Hall–Kier alpha value is -3.26. The summed E-state index contributed by atoms with van der Waals surface area (Å²) in [6, 6.07) is 22.5. The normalized spacial score (nSPS) is 11.1. The molecule has 176 valence electrons. The van der Waals surface area contributed by atoms with E-state index in [-0.39, 0.29) is 12.4 Å². The molecule has 0 atom stereocenters. The van der Waals surface area contributed by atoms with Crippen LogP contribution in [-0.2, 0) is 13.2 Å². The lowest BCUT2D eigenvalue weighted by atomic mass is 10.1. The van der Waals surface area contributed by atoms with E-state index in [0.717, 1.165) is 22.1 Å². The summed E-state index contributed by atoms with van der Waals surface area (Å²) in [4.78, 5) is 12.7. The maximum Gasteiger partial charge on any atom is 0.292 e. The molecule has 5 aromatic rings. The van der Waals surface area contributed by atoms with Crippen molar-refractivity contribution >= 4 is 61.6 Å². The van der Waals surface area contributed by atoms with Crippen LogP contribution < -0.4 is 10.1 Å². The highest BCUT2D eigenvalue weighted by atomic mass is 79.9. The van der Waals surface area contributed by atoms with Gasteiger partial charge in [0.05, 0.1) is 11.0 Å². The molecule has 2 heterocycles. The fourth-order valence-corrected chi connectivity index (χ4v) is 4.49. The molecule has 6 nitrogen and oxygen atoms in total. The Labute approximate surface area is 219 Å². The lowest BCUT2D eigenvalue weighted by Crippen LogP contribution is -2.12. The quantitative estimate of drug-likeness (QED) is 0.219. The van der Waals surface area contributed by atoms with Gasteiger partial charge in [-0.3, -0.25) is 9.48 Å². The number of hydrogen-bond acceptors (Lipinski definition) is 4. The second kappa shape index (κ2) is 10.2. The highest BCUT2D eigenvalue weighted by Gasteiger charge is 2.16. The molecule has 0 fully saturated rings. The summed E-state index contributed by atoms with van der Waals surface area (Å²) in [6.07, 6.45) is 1.76. The van der Waals surface area contributed by atoms with E-state index in [1.54, 1.807) is 35.1 Å². The van der Waals surface area contributed by atoms with Crippen LogP contribution >= 0.6 is 39.1 Å². The van der Waals surface area contributed by atoms with Gasteiger partial charge in [0.2, 0.25) is 0 Å². The zero-order valence-electron chi connectivity index (χ0n) is 18.2. The highest BCUT2D eigenvalue weighted by Crippen LogP contribution is 2.27. The molecule has 0 saturated heterocycles. The smallest absolute Gasteiger partial charge is 0.292 e.